The highest BCUT2D eigenvalue weighted by Crippen LogP contribution is 2.12. The van der Waals surface area contributed by atoms with Crippen LogP contribution in [-0.2, 0) is 9.53 Å². The van der Waals surface area contributed by atoms with Gasteiger partial charge in [-0.15, -0.1) is 11.8 Å². The standard InChI is InChI=1S/C12H19NO2S/c1-5-10(12(14)9(2)13)6-7-11(16-4)8-15-3/h5-7,9H,1,8,13H2,2-4H3/b10-6+,11-7+/t9-/m1/s1. The van der Waals surface area contributed by atoms with Gasteiger partial charge < -0.3 is 10.5 Å². The molecule has 0 aliphatic carbocycles. The van der Waals surface area contributed by atoms with E-state index < -0.39 is 6.04 Å². The number of ether oxygens (including phenoxy) is 1. The van der Waals surface area contributed by atoms with Crippen molar-refractivity contribution in [1.82, 2.24) is 0 Å². The number of carbonyl (C=O) groups excluding carboxylic acids is 1. The maximum absolute atomic E-state index is 11.6. The zero-order chi connectivity index (χ0) is 12.6. The van der Waals surface area contributed by atoms with Crippen LogP contribution in [0.5, 0.6) is 0 Å². The monoisotopic (exact) mass is 241 g/mol. The molecule has 0 aromatic rings. The summed E-state index contributed by atoms with van der Waals surface area (Å²) in [5.74, 6) is -0.107. The number of rotatable bonds is 7. The third-order valence-electron chi connectivity index (χ3n) is 1.92. The van der Waals surface area contributed by atoms with E-state index in [9.17, 15) is 4.79 Å². The van der Waals surface area contributed by atoms with Crippen molar-refractivity contribution in [1.29, 1.82) is 0 Å². The third-order valence-corrected chi connectivity index (χ3v) is 2.69. The average Bonchev–Trinajstić information content (AvgIpc) is 2.27. The fourth-order valence-corrected chi connectivity index (χ4v) is 1.45. The van der Waals surface area contributed by atoms with Crippen molar-refractivity contribution >= 4 is 17.5 Å². The zero-order valence-corrected chi connectivity index (χ0v) is 10.8. The molecule has 0 saturated heterocycles. The van der Waals surface area contributed by atoms with E-state index in [-0.39, 0.29) is 5.78 Å². The Labute approximate surface area is 101 Å². The molecule has 2 N–H and O–H groups in total. The van der Waals surface area contributed by atoms with Gasteiger partial charge >= 0.3 is 0 Å². The molecule has 0 radical (unpaired) electrons. The number of methoxy groups -OCH3 is 1. The lowest BCUT2D eigenvalue weighted by Gasteiger charge is -2.04. The van der Waals surface area contributed by atoms with Crippen LogP contribution in [0.15, 0.2) is 35.3 Å². The van der Waals surface area contributed by atoms with Crippen LogP contribution in [0.4, 0.5) is 0 Å². The van der Waals surface area contributed by atoms with Gasteiger partial charge in [0.25, 0.3) is 0 Å². The predicted molar refractivity (Wildman–Crippen MR) is 70.4 cm³/mol. The molecular weight excluding hydrogens is 222 g/mol. The van der Waals surface area contributed by atoms with E-state index in [4.69, 9.17) is 10.5 Å². The summed E-state index contributed by atoms with van der Waals surface area (Å²) < 4.78 is 5.01. The summed E-state index contributed by atoms with van der Waals surface area (Å²) in [6.07, 6.45) is 7.06. The smallest absolute Gasteiger partial charge is 0.179 e. The molecule has 0 aromatic heterocycles. The lowest BCUT2D eigenvalue weighted by molar-refractivity contribution is -0.116. The van der Waals surface area contributed by atoms with Crippen molar-refractivity contribution in [2.45, 2.75) is 13.0 Å². The lowest BCUT2D eigenvalue weighted by Crippen LogP contribution is -2.27. The number of nitrogens with two attached hydrogens (primary N) is 1. The summed E-state index contributed by atoms with van der Waals surface area (Å²) in [5.41, 5.74) is 6.05. The fraction of sp³-hybridized carbons (Fsp3) is 0.417. The second-order valence-corrected chi connectivity index (χ2v) is 4.18. The Kier molecular flexibility index (Phi) is 7.89. The van der Waals surface area contributed by atoms with E-state index in [1.54, 1.807) is 31.9 Å². The SMILES string of the molecule is C=C/C(=C\C=C(/COC)SC)C(=O)[C@@H](C)N. The molecule has 0 fully saturated rings. The number of hydrogen-bond donors (Lipinski definition) is 1. The molecule has 0 aliphatic heterocycles. The number of thioether (sulfide) groups is 1. The van der Waals surface area contributed by atoms with Gasteiger partial charge in [-0.1, -0.05) is 18.7 Å². The summed E-state index contributed by atoms with van der Waals surface area (Å²) in [5, 5.41) is 0. The molecule has 0 amide bonds. The van der Waals surface area contributed by atoms with Crippen molar-refractivity contribution in [2.75, 3.05) is 20.0 Å². The number of allylic oxidation sites excluding steroid dienone is 3. The lowest BCUT2D eigenvalue weighted by atomic mass is 10.1. The van der Waals surface area contributed by atoms with E-state index in [2.05, 4.69) is 6.58 Å². The van der Waals surface area contributed by atoms with Crippen molar-refractivity contribution < 1.29 is 9.53 Å². The van der Waals surface area contributed by atoms with Crippen LogP contribution in [0.2, 0.25) is 0 Å². The highest BCUT2D eigenvalue weighted by atomic mass is 32.2. The second-order valence-electron chi connectivity index (χ2n) is 3.25. The summed E-state index contributed by atoms with van der Waals surface area (Å²) in [6, 6.07) is -0.502. The molecule has 0 saturated carbocycles. The van der Waals surface area contributed by atoms with Crippen molar-refractivity contribution in [3.05, 3.63) is 35.3 Å². The third kappa shape index (κ3) is 5.30. The van der Waals surface area contributed by atoms with Gasteiger partial charge in [-0.25, -0.2) is 0 Å². The largest absolute Gasteiger partial charge is 0.379 e. The van der Waals surface area contributed by atoms with Crippen LogP contribution in [0.1, 0.15) is 6.92 Å². The number of Topliss-reactive ketones (excluding diaryl/α,β-unsaturated/α-hetero) is 1. The van der Waals surface area contributed by atoms with Crippen LogP contribution in [0.25, 0.3) is 0 Å². The van der Waals surface area contributed by atoms with Gasteiger partial charge in [-0.3, -0.25) is 4.79 Å². The van der Waals surface area contributed by atoms with Gasteiger partial charge in [0, 0.05) is 17.6 Å². The van der Waals surface area contributed by atoms with Gasteiger partial charge in [0.15, 0.2) is 5.78 Å². The van der Waals surface area contributed by atoms with E-state index in [0.29, 0.717) is 12.2 Å². The van der Waals surface area contributed by atoms with Crippen LogP contribution in [0, 0.1) is 0 Å². The molecule has 0 spiro atoms. The van der Waals surface area contributed by atoms with E-state index in [1.165, 1.54) is 6.08 Å². The minimum absolute atomic E-state index is 0.107. The maximum atomic E-state index is 11.6. The molecule has 90 valence electrons. The van der Waals surface area contributed by atoms with Crippen LogP contribution >= 0.6 is 11.8 Å². The fourth-order valence-electron chi connectivity index (χ4n) is 1.01. The van der Waals surface area contributed by atoms with Crippen LogP contribution < -0.4 is 5.73 Å². The quantitative estimate of drug-likeness (QED) is 0.546. The Morgan fingerprint density at radius 1 is 1.56 bits per heavy atom. The molecule has 0 bridgehead atoms. The zero-order valence-electron chi connectivity index (χ0n) is 10.0. The van der Waals surface area contributed by atoms with Crippen molar-refractivity contribution in [3.8, 4) is 0 Å². The van der Waals surface area contributed by atoms with E-state index >= 15 is 0 Å². The van der Waals surface area contributed by atoms with Gasteiger partial charge in [0.1, 0.15) is 0 Å². The van der Waals surface area contributed by atoms with Gasteiger partial charge in [-0.05, 0) is 19.3 Å². The highest BCUT2D eigenvalue weighted by Gasteiger charge is 2.10. The van der Waals surface area contributed by atoms with Crippen molar-refractivity contribution in [2.24, 2.45) is 5.73 Å². The summed E-state index contributed by atoms with van der Waals surface area (Å²) >= 11 is 1.58. The number of hydrogen-bond acceptors (Lipinski definition) is 4. The summed E-state index contributed by atoms with van der Waals surface area (Å²) in [7, 11) is 1.63. The Balaban J connectivity index is 4.82. The molecule has 0 aromatic carbocycles. The Morgan fingerprint density at radius 3 is 2.56 bits per heavy atom. The average molecular weight is 241 g/mol. The molecule has 0 rings (SSSR count). The second kappa shape index (κ2) is 8.33. The van der Waals surface area contributed by atoms with E-state index in [0.717, 1.165) is 4.91 Å². The molecule has 1 atom stereocenters. The van der Waals surface area contributed by atoms with Crippen molar-refractivity contribution in [3.63, 3.8) is 0 Å². The minimum atomic E-state index is -0.502. The Morgan fingerprint density at radius 2 is 2.19 bits per heavy atom. The molecule has 16 heavy (non-hydrogen) atoms. The van der Waals surface area contributed by atoms with Crippen LogP contribution in [0.3, 0.4) is 0 Å². The van der Waals surface area contributed by atoms with E-state index in [1.807, 2.05) is 12.3 Å². The van der Waals surface area contributed by atoms with Crippen LogP contribution in [-0.4, -0.2) is 31.8 Å². The summed E-state index contributed by atoms with van der Waals surface area (Å²) in [6.45, 7) is 5.80. The van der Waals surface area contributed by atoms with Gasteiger partial charge in [0.05, 0.1) is 12.6 Å². The first-order valence-electron chi connectivity index (χ1n) is 4.92. The number of carbonyl (C=O) groups is 1. The number of ketones is 1. The predicted octanol–water partition coefficient (Wildman–Crippen LogP) is 1.91. The highest BCUT2D eigenvalue weighted by molar-refractivity contribution is 8.02. The minimum Gasteiger partial charge on any atom is -0.379 e. The molecular formula is C12H19NO2S. The molecule has 3 nitrogen and oxygen atoms in total. The first-order chi connectivity index (χ1) is 7.56. The molecule has 0 unspecified atom stereocenters. The first kappa shape index (κ1) is 15.2. The van der Waals surface area contributed by atoms with Gasteiger partial charge in [-0.2, -0.15) is 0 Å². The Hall–Kier alpha value is -0.840. The normalized spacial score (nSPS) is 14.8. The first-order valence-corrected chi connectivity index (χ1v) is 6.15. The molecule has 0 heterocycles. The topological polar surface area (TPSA) is 52.3 Å². The molecule has 0 aliphatic rings. The Bertz CT molecular complexity index is 306. The summed E-state index contributed by atoms with van der Waals surface area (Å²) in [4.78, 5) is 12.6. The molecule has 4 heteroatoms. The van der Waals surface area contributed by atoms with Gasteiger partial charge in [0.2, 0.25) is 0 Å². The maximum Gasteiger partial charge on any atom is 0.179 e.